The number of aromatic nitrogens is 2. The van der Waals surface area contributed by atoms with E-state index in [0.29, 0.717) is 11.7 Å². The maximum absolute atomic E-state index is 5.20. The smallest absolute Gasteiger partial charge is 0.172 e. The van der Waals surface area contributed by atoms with Crippen molar-refractivity contribution in [3.05, 3.63) is 54.0 Å². The van der Waals surface area contributed by atoms with Crippen molar-refractivity contribution in [3.8, 4) is 0 Å². The van der Waals surface area contributed by atoms with Crippen molar-refractivity contribution in [1.29, 1.82) is 0 Å². The fourth-order valence-corrected chi connectivity index (χ4v) is 1.63. The molecule has 2 heterocycles. The van der Waals surface area contributed by atoms with Crippen LogP contribution in [0.1, 0.15) is 11.3 Å². The lowest BCUT2D eigenvalue weighted by molar-refractivity contribution is 0.915. The number of nitrogens with one attached hydrogen (secondary N) is 2. The van der Waals surface area contributed by atoms with Crippen LogP contribution < -0.4 is 10.6 Å². The van der Waals surface area contributed by atoms with Gasteiger partial charge in [0, 0.05) is 24.6 Å². The highest BCUT2D eigenvalue weighted by Gasteiger charge is 1.99. The van der Waals surface area contributed by atoms with Gasteiger partial charge < -0.3 is 10.6 Å². The summed E-state index contributed by atoms with van der Waals surface area (Å²) >= 11 is 5.20. The van der Waals surface area contributed by atoms with Crippen molar-refractivity contribution in [2.24, 2.45) is 0 Å². The Bertz CT molecular complexity index is 528. The van der Waals surface area contributed by atoms with Crippen molar-refractivity contribution in [3.63, 3.8) is 0 Å². The molecule has 18 heavy (non-hydrogen) atoms. The Morgan fingerprint density at radius 1 is 1.28 bits per heavy atom. The number of rotatable bonds is 3. The summed E-state index contributed by atoms with van der Waals surface area (Å²) in [6.45, 7) is 2.59. The second-order valence-electron chi connectivity index (χ2n) is 3.83. The average Bonchev–Trinajstić information content (AvgIpc) is 2.38. The van der Waals surface area contributed by atoms with E-state index in [0.717, 1.165) is 17.1 Å². The number of hydrogen-bond acceptors (Lipinski definition) is 3. The van der Waals surface area contributed by atoms with E-state index < -0.39 is 0 Å². The van der Waals surface area contributed by atoms with E-state index in [4.69, 9.17) is 12.2 Å². The van der Waals surface area contributed by atoms with Gasteiger partial charge in [-0.1, -0.05) is 12.1 Å². The number of anilines is 1. The first-order valence-electron chi connectivity index (χ1n) is 5.61. The molecule has 2 rings (SSSR count). The van der Waals surface area contributed by atoms with E-state index in [1.807, 2.05) is 37.3 Å². The van der Waals surface area contributed by atoms with Gasteiger partial charge in [-0.05, 0) is 42.9 Å². The van der Waals surface area contributed by atoms with Crippen molar-refractivity contribution < 1.29 is 0 Å². The quantitative estimate of drug-likeness (QED) is 0.827. The van der Waals surface area contributed by atoms with Crippen LogP contribution in [0.5, 0.6) is 0 Å². The van der Waals surface area contributed by atoms with Gasteiger partial charge in [-0.25, -0.2) is 4.98 Å². The predicted molar refractivity (Wildman–Crippen MR) is 76.3 cm³/mol. The molecule has 0 aliphatic heterocycles. The molecule has 0 unspecified atom stereocenters. The van der Waals surface area contributed by atoms with E-state index in [-0.39, 0.29) is 0 Å². The SMILES string of the molecule is Cc1cccc(NC(=S)NCc2cccnc2)n1. The van der Waals surface area contributed by atoms with E-state index in [9.17, 15) is 0 Å². The molecule has 0 atom stereocenters. The molecule has 0 fully saturated rings. The average molecular weight is 258 g/mol. The molecular formula is C13H14N4S. The monoisotopic (exact) mass is 258 g/mol. The number of nitrogens with zero attached hydrogens (tertiary/aromatic N) is 2. The fourth-order valence-electron chi connectivity index (χ4n) is 1.46. The molecule has 0 bridgehead atoms. The standard InChI is InChI=1S/C13H14N4S/c1-10-4-2-6-12(16-10)17-13(18)15-9-11-5-3-7-14-8-11/h2-8H,9H2,1H3,(H2,15,16,17,18). The maximum atomic E-state index is 5.20. The summed E-state index contributed by atoms with van der Waals surface area (Å²) < 4.78 is 0. The van der Waals surface area contributed by atoms with Crippen LogP contribution in [-0.4, -0.2) is 15.1 Å². The van der Waals surface area contributed by atoms with Gasteiger partial charge in [-0.2, -0.15) is 0 Å². The molecular weight excluding hydrogens is 244 g/mol. The van der Waals surface area contributed by atoms with Gasteiger partial charge in [0.2, 0.25) is 0 Å². The van der Waals surface area contributed by atoms with Crippen LogP contribution in [0.2, 0.25) is 0 Å². The van der Waals surface area contributed by atoms with Gasteiger partial charge in [0.25, 0.3) is 0 Å². The van der Waals surface area contributed by atoms with Crippen LogP contribution in [0.15, 0.2) is 42.7 Å². The first kappa shape index (κ1) is 12.4. The van der Waals surface area contributed by atoms with Gasteiger partial charge in [-0.3, -0.25) is 4.98 Å². The third-order valence-corrected chi connectivity index (χ3v) is 2.55. The highest BCUT2D eigenvalue weighted by Crippen LogP contribution is 2.03. The Morgan fingerprint density at radius 2 is 2.17 bits per heavy atom. The summed E-state index contributed by atoms with van der Waals surface area (Å²) in [5.74, 6) is 0.749. The molecule has 2 aromatic heterocycles. The number of hydrogen-bond donors (Lipinski definition) is 2. The summed E-state index contributed by atoms with van der Waals surface area (Å²) in [6, 6.07) is 9.65. The Morgan fingerprint density at radius 3 is 2.89 bits per heavy atom. The van der Waals surface area contributed by atoms with Gasteiger partial charge in [0.1, 0.15) is 5.82 Å². The third-order valence-electron chi connectivity index (χ3n) is 2.31. The molecule has 0 spiro atoms. The maximum Gasteiger partial charge on any atom is 0.172 e. The van der Waals surface area contributed by atoms with Crippen molar-refractivity contribution in [2.45, 2.75) is 13.5 Å². The molecule has 4 nitrogen and oxygen atoms in total. The number of aryl methyl sites for hydroxylation is 1. The second kappa shape index (κ2) is 6.07. The van der Waals surface area contributed by atoms with Crippen molar-refractivity contribution in [2.75, 3.05) is 5.32 Å². The molecule has 0 saturated heterocycles. The second-order valence-corrected chi connectivity index (χ2v) is 4.24. The Labute approximate surface area is 111 Å². The van der Waals surface area contributed by atoms with Crippen LogP contribution in [0.25, 0.3) is 0 Å². The first-order chi connectivity index (χ1) is 8.74. The molecule has 0 aromatic carbocycles. The summed E-state index contributed by atoms with van der Waals surface area (Å²) in [5, 5.41) is 6.70. The highest BCUT2D eigenvalue weighted by molar-refractivity contribution is 7.80. The lowest BCUT2D eigenvalue weighted by Gasteiger charge is -2.09. The highest BCUT2D eigenvalue weighted by atomic mass is 32.1. The summed E-state index contributed by atoms with van der Waals surface area (Å²) in [7, 11) is 0. The zero-order valence-corrected chi connectivity index (χ0v) is 10.9. The topological polar surface area (TPSA) is 49.8 Å². The Kier molecular flexibility index (Phi) is 4.20. The molecule has 0 radical (unpaired) electrons. The van der Waals surface area contributed by atoms with E-state index >= 15 is 0 Å². The van der Waals surface area contributed by atoms with Gasteiger partial charge >= 0.3 is 0 Å². The predicted octanol–water partition coefficient (Wildman–Crippen LogP) is 2.27. The number of thiocarbonyl (C=S) groups is 1. The number of pyridine rings is 2. The lowest BCUT2D eigenvalue weighted by Crippen LogP contribution is -2.28. The molecule has 0 saturated carbocycles. The zero-order chi connectivity index (χ0) is 12.8. The minimum Gasteiger partial charge on any atom is -0.358 e. The van der Waals surface area contributed by atoms with Gasteiger partial charge in [-0.15, -0.1) is 0 Å². The molecule has 2 aromatic rings. The van der Waals surface area contributed by atoms with Crippen LogP contribution in [-0.2, 0) is 6.54 Å². The molecule has 92 valence electrons. The summed E-state index contributed by atoms with van der Waals surface area (Å²) in [6.07, 6.45) is 3.55. The van der Waals surface area contributed by atoms with Gasteiger partial charge in [0.05, 0.1) is 0 Å². The van der Waals surface area contributed by atoms with Crippen LogP contribution in [0, 0.1) is 6.92 Å². The lowest BCUT2D eigenvalue weighted by atomic mass is 10.3. The van der Waals surface area contributed by atoms with Crippen LogP contribution in [0.4, 0.5) is 5.82 Å². The van der Waals surface area contributed by atoms with Crippen molar-refractivity contribution >= 4 is 23.1 Å². The van der Waals surface area contributed by atoms with E-state index in [1.54, 1.807) is 12.4 Å². The molecule has 0 amide bonds. The zero-order valence-electron chi connectivity index (χ0n) is 10.1. The largest absolute Gasteiger partial charge is 0.358 e. The van der Waals surface area contributed by atoms with E-state index in [1.165, 1.54) is 0 Å². The molecule has 0 aliphatic carbocycles. The third kappa shape index (κ3) is 3.78. The van der Waals surface area contributed by atoms with E-state index in [2.05, 4.69) is 20.6 Å². The Balaban J connectivity index is 1.86. The molecule has 2 N–H and O–H groups in total. The Hall–Kier alpha value is -2.01. The molecule has 0 aliphatic rings. The van der Waals surface area contributed by atoms with Gasteiger partial charge in [0.15, 0.2) is 5.11 Å². The summed E-state index contributed by atoms with van der Waals surface area (Å²) in [4.78, 5) is 8.36. The fraction of sp³-hybridized carbons (Fsp3) is 0.154. The van der Waals surface area contributed by atoms with Crippen LogP contribution >= 0.6 is 12.2 Å². The first-order valence-corrected chi connectivity index (χ1v) is 6.02. The molecule has 5 heteroatoms. The van der Waals surface area contributed by atoms with Crippen LogP contribution in [0.3, 0.4) is 0 Å². The normalized spacial score (nSPS) is 9.83. The minimum absolute atomic E-state index is 0.553. The minimum atomic E-state index is 0.553. The summed E-state index contributed by atoms with van der Waals surface area (Å²) in [5.41, 5.74) is 2.04. The van der Waals surface area contributed by atoms with Crippen molar-refractivity contribution in [1.82, 2.24) is 15.3 Å².